The van der Waals surface area contributed by atoms with Gasteiger partial charge in [0.2, 0.25) is 11.6 Å². The van der Waals surface area contributed by atoms with Gasteiger partial charge in [-0.2, -0.15) is 0 Å². The first-order valence-corrected chi connectivity index (χ1v) is 5.83. The van der Waals surface area contributed by atoms with E-state index < -0.39 is 4.92 Å². The van der Waals surface area contributed by atoms with Crippen LogP contribution < -0.4 is 16.6 Å². The quantitative estimate of drug-likeness (QED) is 0.273. The molecule has 0 aromatic carbocycles. The number of nitro groups is 1. The number of hydrogen-bond donors (Lipinski definition) is 3. The minimum absolute atomic E-state index is 0.0365. The molecule has 0 aliphatic carbocycles. The fourth-order valence-electron chi connectivity index (χ4n) is 1.35. The Morgan fingerprint density at radius 2 is 2.16 bits per heavy atom. The molecular weight excluding hydrogens is 252 g/mol. The number of aromatic nitrogens is 2. The molecule has 0 amide bonds. The third-order valence-electron chi connectivity index (χ3n) is 2.13. The van der Waals surface area contributed by atoms with Crippen molar-refractivity contribution < 1.29 is 9.66 Å². The van der Waals surface area contributed by atoms with Gasteiger partial charge in [0, 0.05) is 13.2 Å². The molecule has 1 heterocycles. The van der Waals surface area contributed by atoms with Crippen LogP contribution in [0.4, 0.5) is 17.3 Å². The van der Waals surface area contributed by atoms with E-state index in [0.717, 1.165) is 0 Å². The van der Waals surface area contributed by atoms with Gasteiger partial charge >= 0.3 is 5.69 Å². The highest BCUT2D eigenvalue weighted by molar-refractivity contribution is 5.68. The number of nitrogens with one attached hydrogen (secondary N) is 2. The zero-order chi connectivity index (χ0) is 14.3. The molecule has 1 aromatic heterocycles. The lowest BCUT2D eigenvalue weighted by atomic mass is 10.2. The predicted octanol–water partition coefficient (Wildman–Crippen LogP) is 0.755. The summed E-state index contributed by atoms with van der Waals surface area (Å²) in [5, 5.41) is 13.8. The average molecular weight is 270 g/mol. The van der Waals surface area contributed by atoms with Gasteiger partial charge < -0.3 is 15.5 Å². The van der Waals surface area contributed by atoms with Gasteiger partial charge in [-0.3, -0.25) is 10.1 Å². The maximum atomic E-state index is 10.9. The molecule has 0 bridgehead atoms. The van der Waals surface area contributed by atoms with E-state index in [4.69, 9.17) is 10.6 Å². The summed E-state index contributed by atoms with van der Waals surface area (Å²) in [5.41, 5.74) is 1.89. The van der Waals surface area contributed by atoms with Crippen molar-refractivity contribution in [3.8, 4) is 0 Å². The summed E-state index contributed by atoms with van der Waals surface area (Å²) in [6.45, 7) is 5.58. The van der Waals surface area contributed by atoms with Crippen molar-refractivity contribution >= 4 is 17.3 Å². The van der Waals surface area contributed by atoms with Gasteiger partial charge in [-0.25, -0.2) is 15.8 Å². The molecule has 1 aromatic rings. The number of hydrogen-bond acceptors (Lipinski definition) is 8. The van der Waals surface area contributed by atoms with E-state index in [2.05, 4.69) is 20.7 Å². The van der Waals surface area contributed by atoms with Crippen molar-refractivity contribution in [2.24, 2.45) is 11.8 Å². The molecule has 0 saturated carbocycles. The van der Waals surface area contributed by atoms with Gasteiger partial charge in [-0.15, -0.1) is 0 Å². The number of nitrogens with two attached hydrogens (primary N) is 1. The van der Waals surface area contributed by atoms with E-state index in [0.29, 0.717) is 25.7 Å². The largest absolute Gasteiger partial charge is 0.379 e. The third kappa shape index (κ3) is 4.64. The monoisotopic (exact) mass is 270 g/mol. The van der Waals surface area contributed by atoms with Crippen molar-refractivity contribution in [1.82, 2.24) is 9.97 Å². The van der Waals surface area contributed by atoms with E-state index in [-0.39, 0.29) is 17.3 Å². The molecule has 0 fully saturated rings. The lowest BCUT2D eigenvalue weighted by molar-refractivity contribution is -0.383. The van der Waals surface area contributed by atoms with E-state index in [1.807, 2.05) is 13.8 Å². The first-order valence-electron chi connectivity index (χ1n) is 5.83. The van der Waals surface area contributed by atoms with Gasteiger partial charge in [0.25, 0.3) is 0 Å². The molecule has 19 heavy (non-hydrogen) atoms. The standard InChI is InChI=1S/C10H18N6O3/c1-7(2)5-19-4-3-12-9-8(16(17)18)10(15-11)14-6-13-9/h6-7H,3-5,11H2,1-2H3,(H2,12,13,14,15). The Kier molecular flexibility index (Phi) is 5.90. The van der Waals surface area contributed by atoms with Crippen LogP contribution in [0.5, 0.6) is 0 Å². The Labute approximate surface area is 110 Å². The highest BCUT2D eigenvalue weighted by Gasteiger charge is 2.21. The molecule has 9 heteroatoms. The van der Waals surface area contributed by atoms with Crippen molar-refractivity contribution in [3.05, 3.63) is 16.4 Å². The van der Waals surface area contributed by atoms with E-state index in [9.17, 15) is 10.1 Å². The second-order valence-electron chi connectivity index (χ2n) is 4.22. The maximum absolute atomic E-state index is 10.9. The van der Waals surface area contributed by atoms with Crippen LogP contribution in [0.1, 0.15) is 13.8 Å². The number of nitrogen functional groups attached to an aromatic ring is 1. The van der Waals surface area contributed by atoms with Crippen LogP contribution in [-0.2, 0) is 4.74 Å². The Bertz CT molecular complexity index is 426. The summed E-state index contributed by atoms with van der Waals surface area (Å²) in [5.74, 6) is 5.69. The van der Waals surface area contributed by atoms with Crippen molar-refractivity contribution in [3.63, 3.8) is 0 Å². The fourth-order valence-corrected chi connectivity index (χ4v) is 1.35. The molecule has 4 N–H and O–H groups in total. The van der Waals surface area contributed by atoms with E-state index in [1.54, 1.807) is 0 Å². The Hall–Kier alpha value is -2.00. The third-order valence-corrected chi connectivity index (χ3v) is 2.13. The second kappa shape index (κ2) is 7.44. The highest BCUT2D eigenvalue weighted by atomic mass is 16.6. The summed E-state index contributed by atoms with van der Waals surface area (Å²) in [6, 6.07) is 0. The van der Waals surface area contributed by atoms with Crippen LogP contribution in [0.2, 0.25) is 0 Å². The SMILES string of the molecule is CC(C)COCCNc1ncnc(NN)c1[N+](=O)[O-]. The van der Waals surface area contributed by atoms with Crippen LogP contribution in [0.3, 0.4) is 0 Å². The molecular formula is C10H18N6O3. The number of anilines is 2. The Balaban J connectivity index is 2.60. The highest BCUT2D eigenvalue weighted by Crippen LogP contribution is 2.27. The lowest BCUT2D eigenvalue weighted by Gasteiger charge is -2.09. The molecule has 1 rings (SSSR count). The number of nitrogens with zero attached hydrogens (tertiary/aromatic N) is 3. The average Bonchev–Trinajstić information content (AvgIpc) is 2.37. The lowest BCUT2D eigenvalue weighted by Crippen LogP contribution is -2.16. The number of rotatable bonds is 8. The first kappa shape index (κ1) is 15.1. The maximum Gasteiger partial charge on any atom is 0.354 e. The zero-order valence-electron chi connectivity index (χ0n) is 10.9. The fraction of sp³-hybridized carbons (Fsp3) is 0.600. The van der Waals surface area contributed by atoms with Gasteiger partial charge in [0.05, 0.1) is 11.5 Å². The summed E-state index contributed by atoms with van der Waals surface area (Å²) < 4.78 is 5.36. The van der Waals surface area contributed by atoms with Gasteiger partial charge in [0.1, 0.15) is 6.33 Å². The minimum atomic E-state index is -0.591. The molecule has 9 nitrogen and oxygen atoms in total. The molecule has 0 spiro atoms. The van der Waals surface area contributed by atoms with Crippen LogP contribution in [0.15, 0.2) is 6.33 Å². The van der Waals surface area contributed by atoms with E-state index in [1.165, 1.54) is 6.33 Å². The molecule has 106 valence electrons. The van der Waals surface area contributed by atoms with Crippen LogP contribution in [0.25, 0.3) is 0 Å². The summed E-state index contributed by atoms with van der Waals surface area (Å²) >= 11 is 0. The molecule has 0 aliphatic rings. The molecule has 0 radical (unpaired) electrons. The number of hydrazine groups is 1. The smallest absolute Gasteiger partial charge is 0.354 e. The van der Waals surface area contributed by atoms with Crippen LogP contribution in [0, 0.1) is 16.0 Å². The van der Waals surface area contributed by atoms with Crippen molar-refractivity contribution in [1.29, 1.82) is 0 Å². The predicted molar refractivity (Wildman–Crippen MR) is 70.6 cm³/mol. The van der Waals surface area contributed by atoms with Gasteiger partial charge in [0.15, 0.2) is 0 Å². The van der Waals surface area contributed by atoms with Crippen molar-refractivity contribution in [2.75, 3.05) is 30.5 Å². The topological polar surface area (TPSA) is 128 Å². The Morgan fingerprint density at radius 1 is 1.47 bits per heavy atom. The Morgan fingerprint density at radius 3 is 2.74 bits per heavy atom. The van der Waals surface area contributed by atoms with Gasteiger partial charge in [-0.05, 0) is 5.92 Å². The zero-order valence-corrected chi connectivity index (χ0v) is 10.9. The summed E-state index contributed by atoms with van der Waals surface area (Å²) in [6.07, 6.45) is 1.19. The molecule has 0 atom stereocenters. The van der Waals surface area contributed by atoms with E-state index >= 15 is 0 Å². The van der Waals surface area contributed by atoms with Crippen LogP contribution >= 0.6 is 0 Å². The molecule has 0 aliphatic heterocycles. The van der Waals surface area contributed by atoms with Crippen LogP contribution in [-0.4, -0.2) is 34.6 Å². The van der Waals surface area contributed by atoms with Crippen molar-refractivity contribution in [2.45, 2.75) is 13.8 Å². The first-order chi connectivity index (χ1) is 9.06. The summed E-state index contributed by atoms with van der Waals surface area (Å²) in [7, 11) is 0. The normalized spacial score (nSPS) is 10.5. The number of ether oxygens (including phenoxy) is 1. The minimum Gasteiger partial charge on any atom is -0.379 e. The molecule has 0 saturated heterocycles. The molecule has 0 unspecified atom stereocenters. The van der Waals surface area contributed by atoms with Gasteiger partial charge in [-0.1, -0.05) is 13.8 Å². The summed E-state index contributed by atoms with van der Waals surface area (Å²) in [4.78, 5) is 17.9. The second-order valence-corrected chi connectivity index (χ2v) is 4.22.